The van der Waals surface area contributed by atoms with Crippen molar-refractivity contribution in [1.29, 1.82) is 0 Å². The normalized spacial score (nSPS) is 9.56. The van der Waals surface area contributed by atoms with E-state index in [0.29, 0.717) is 19.3 Å². The summed E-state index contributed by atoms with van der Waals surface area (Å²) in [6, 6.07) is 0. The zero-order chi connectivity index (χ0) is 12.2. The number of nitrogens with one attached hydrogen (secondary N) is 1. The summed E-state index contributed by atoms with van der Waals surface area (Å²) in [4.78, 5) is 35.0. The van der Waals surface area contributed by atoms with Crippen LogP contribution in [0.1, 0.15) is 38.5 Å². The van der Waals surface area contributed by atoms with E-state index in [0.717, 1.165) is 12.8 Å². The highest BCUT2D eigenvalue weighted by Gasteiger charge is 2.02. The van der Waals surface area contributed by atoms with Gasteiger partial charge < -0.3 is 15.0 Å². The molecule has 0 radical (unpaired) electrons. The summed E-state index contributed by atoms with van der Waals surface area (Å²) in [7, 11) is 0. The van der Waals surface area contributed by atoms with Crippen molar-refractivity contribution in [3.05, 3.63) is 0 Å². The van der Waals surface area contributed by atoms with Gasteiger partial charge in [0.15, 0.2) is 0 Å². The lowest BCUT2D eigenvalue weighted by molar-refractivity contribution is -0.234. The van der Waals surface area contributed by atoms with E-state index in [4.69, 9.17) is 5.26 Å². The summed E-state index contributed by atoms with van der Waals surface area (Å²) in [5.41, 5.74) is 0. The van der Waals surface area contributed by atoms with Crippen molar-refractivity contribution in [3.8, 4) is 0 Å². The van der Waals surface area contributed by atoms with E-state index in [1.165, 1.54) is 0 Å². The number of carbonyl (C=O) groups is 3. The van der Waals surface area contributed by atoms with Crippen LogP contribution < -0.4 is 5.32 Å². The van der Waals surface area contributed by atoms with E-state index < -0.39 is 5.97 Å². The van der Waals surface area contributed by atoms with Crippen LogP contribution in [-0.2, 0) is 19.3 Å². The van der Waals surface area contributed by atoms with E-state index >= 15 is 0 Å². The summed E-state index contributed by atoms with van der Waals surface area (Å²) < 4.78 is 0. The Hall–Kier alpha value is -1.43. The van der Waals surface area contributed by atoms with Crippen LogP contribution in [0.4, 0.5) is 0 Å². The molecule has 0 spiro atoms. The largest absolute Gasteiger partial charge is 0.356 e. The number of aldehydes is 1. The summed E-state index contributed by atoms with van der Waals surface area (Å²) in [5.74, 6) is -0.781. The summed E-state index contributed by atoms with van der Waals surface area (Å²) in [5, 5.41) is 10.6. The Morgan fingerprint density at radius 2 is 1.94 bits per heavy atom. The SMILES string of the molecule is O=CCCC(=O)NCCCCCC(=O)OO. The molecule has 0 aliphatic carbocycles. The molecule has 0 aliphatic rings. The molecule has 0 heterocycles. The van der Waals surface area contributed by atoms with Gasteiger partial charge in [-0.2, -0.15) is 5.26 Å². The Balaban J connectivity index is 3.23. The molecule has 92 valence electrons. The second-order valence-electron chi connectivity index (χ2n) is 3.33. The smallest absolute Gasteiger partial charge is 0.342 e. The zero-order valence-corrected chi connectivity index (χ0v) is 9.11. The maximum atomic E-state index is 11.0. The van der Waals surface area contributed by atoms with Crippen LogP contribution in [0.25, 0.3) is 0 Å². The van der Waals surface area contributed by atoms with Crippen LogP contribution in [0, 0.1) is 0 Å². The van der Waals surface area contributed by atoms with Gasteiger partial charge in [-0.25, -0.2) is 4.79 Å². The lowest BCUT2D eigenvalue weighted by Crippen LogP contribution is -2.24. The summed E-state index contributed by atoms with van der Waals surface area (Å²) in [6.07, 6.45) is 3.49. The number of unbranched alkanes of at least 4 members (excludes halogenated alkanes) is 2. The van der Waals surface area contributed by atoms with E-state index in [1.807, 2.05) is 0 Å². The van der Waals surface area contributed by atoms with Crippen LogP contribution in [-0.4, -0.2) is 30.0 Å². The quantitative estimate of drug-likeness (QED) is 0.263. The van der Waals surface area contributed by atoms with Crippen LogP contribution in [0.2, 0.25) is 0 Å². The number of amides is 1. The average Bonchev–Trinajstić information content (AvgIpc) is 2.30. The van der Waals surface area contributed by atoms with Crippen LogP contribution in [0.15, 0.2) is 0 Å². The molecule has 0 fully saturated rings. The highest BCUT2D eigenvalue weighted by molar-refractivity contribution is 5.77. The first-order chi connectivity index (χ1) is 7.70. The average molecular weight is 231 g/mol. The molecule has 0 rings (SSSR count). The standard InChI is InChI=1S/C10H17NO5/c12-8-4-5-9(13)11-7-3-1-2-6-10(14)16-15/h8,15H,1-7H2,(H,11,13). The van der Waals surface area contributed by atoms with Crippen molar-refractivity contribution in [2.45, 2.75) is 38.5 Å². The van der Waals surface area contributed by atoms with Crippen molar-refractivity contribution >= 4 is 18.2 Å². The van der Waals surface area contributed by atoms with Gasteiger partial charge in [0, 0.05) is 25.8 Å². The molecular weight excluding hydrogens is 214 g/mol. The molecule has 0 bridgehead atoms. The fourth-order valence-corrected chi connectivity index (χ4v) is 1.12. The number of rotatable bonds is 9. The second-order valence-corrected chi connectivity index (χ2v) is 3.33. The first kappa shape index (κ1) is 14.6. The van der Waals surface area contributed by atoms with Gasteiger partial charge >= 0.3 is 5.97 Å². The minimum atomic E-state index is -0.644. The fourth-order valence-electron chi connectivity index (χ4n) is 1.12. The number of carbonyl (C=O) groups excluding carboxylic acids is 3. The van der Waals surface area contributed by atoms with Crippen molar-refractivity contribution in [2.75, 3.05) is 6.54 Å². The molecule has 0 aromatic carbocycles. The van der Waals surface area contributed by atoms with Crippen molar-refractivity contribution in [3.63, 3.8) is 0 Å². The Morgan fingerprint density at radius 1 is 1.19 bits per heavy atom. The van der Waals surface area contributed by atoms with Gasteiger partial charge in [0.1, 0.15) is 6.29 Å². The van der Waals surface area contributed by atoms with E-state index in [-0.39, 0.29) is 25.2 Å². The van der Waals surface area contributed by atoms with Gasteiger partial charge in [0.25, 0.3) is 0 Å². The minimum Gasteiger partial charge on any atom is -0.356 e. The molecule has 1 amide bonds. The third-order valence-corrected chi connectivity index (χ3v) is 1.97. The highest BCUT2D eigenvalue weighted by Crippen LogP contribution is 2.00. The predicted molar refractivity (Wildman–Crippen MR) is 55.5 cm³/mol. The Morgan fingerprint density at radius 3 is 2.56 bits per heavy atom. The molecule has 0 atom stereocenters. The first-order valence-electron chi connectivity index (χ1n) is 5.25. The van der Waals surface area contributed by atoms with Gasteiger partial charge in [-0.05, 0) is 12.8 Å². The minimum absolute atomic E-state index is 0.137. The summed E-state index contributed by atoms with van der Waals surface area (Å²) >= 11 is 0. The molecule has 0 aromatic rings. The first-order valence-corrected chi connectivity index (χ1v) is 5.25. The van der Waals surface area contributed by atoms with E-state index in [9.17, 15) is 14.4 Å². The lowest BCUT2D eigenvalue weighted by atomic mass is 10.2. The van der Waals surface area contributed by atoms with Gasteiger partial charge in [-0.3, -0.25) is 4.79 Å². The molecule has 0 unspecified atom stereocenters. The van der Waals surface area contributed by atoms with E-state index in [1.54, 1.807) is 0 Å². The fraction of sp³-hybridized carbons (Fsp3) is 0.700. The summed E-state index contributed by atoms with van der Waals surface area (Å²) in [6.45, 7) is 0.534. The molecular formula is C10H17NO5. The lowest BCUT2D eigenvalue weighted by Gasteiger charge is -2.03. The van der Waals surface area contributed by atoms with Crippen LogP contribution >= 0.6 is 0 Å². The van der Waals surface area contributed by atoms with Gasteiger partial charge in [0.05, 0.1) is 0 Å². The molecule has 0 saturated carbocycles. The van der Waals surface area contributed by atoms with Crippen LogP contribution in [0.3, 0.4) is 0 Å². The number of hydrogen-bond donors (Lipinski definition) is 2. The molecule has 0 aromatic heterocycles. The molecule has 2 N–H and O–H groups in total. The Kier molecular flexibility index (Phi) is 9.20. The third-order valence-electron chi connectivity index (χ3n) is 1.97. The molecule has 6 heteroatoms. The maximum absolute atomic E-state index is 11.0. The predicted octanol–water partition coefficient (Wildman–Crippen LogP) is 0.658. The van der Waals surface area contributed by atoms with Gasteiger partial charge in [0.2, 0.25) is 5.91 Å². The van der Waals surface area contributed by atoms with Crippen molar-refractivity contribution < 1.29 is 24.5 Å². The number of hydrogen-bond acceptors (Lipinski definition) is 5. The van der Waals surface area contributed by atoms with E-state index in [2.05, 4.69) is 10.2 Å². The van der Waals surface area contributed by atoms with Crippen molar-refractivity contribution in [1.82, 2.24) is 5.32 Å². The third kappa shape index (κ3) is 9.14. The van der Waals surface area contributed by atoms with Gasteiger partial charge in [-0.1, -0.05) is 6.42 Å². The zero-order valence-electron chi connectivity index (χ0n) is 9.11. The highest BCUT2D eigenvalue weighted by atomic mass is 17.1. The second kappa shape index (κ2) is 10.1. The molecule has 0 saturated heterocycles. The van der Waals surface area contributed by atoms with Gasteiger partial charge in [-0.15, -0.1) is 0 Å². The van der Waals surface area contributed by atoms with Crippen molar-refractivity contribution in [2.24, 2.45) is 0 Å². The van der Waals surface area contributed by atoms with Crippen LogP contribution in [0.5, 0.6) is 0 Å². The molecule has 16 heavy (non-hydrogen) atoms. The Labute approximate surface area is 93.9 Å². The molecule has 6 nitrogen and oxygen atoms in total. The topological polar surface area (TPSA) is 92.7 Å². The maximum Gasteiger partial charge on any atom is 0.342 e. The monoisotopic (exact) mass is 231 g/mol. The molecule has 0 aliphatic heterocycles. The Bertz CT molecular complexity index is 229.